The molecule has 8 aromatic carbocycles. The van der Waals surface area contributed by atoms with Gasteiger partial charge in [-0.25, -0.2) is 15.0 Å². The van der Waals surface area contributed by atoms with Crippen LogP contribution in [0.2, 0.25) is 0 Å². The smallest absolute Gasteiger partial charge is 0.164 e. The average Bonchev–Trinajstić information content (AvgIpc) is 3.80. The number of benzene rings is 8. The molecule has 0 aliphatic carbocycles. The standard InChI is InChI=1S/C47H27N3O2/c1-2-12-29(13-3-1)34-24-25-37(43-42-33-16-7-6-14-30(33)23-26-40(42)52-44(34)43)47-49-45(32-22-21-28-11-4-5-15-31(28)27-32)48-46(50-47)36-18-10-20-39-41(36)35-17-8-9-19-38(35)51-39/h1-27H. The summed E-state index contributed by atoms with van der Waals surface area (Å²) in [5.74, 6) is 1.73. The minimum atomic E-state index is 0.568. The predicted molar refractivity (Wildman–Crippen MR) is 211 cm³/mol. The van der Waals surface area contributed by atoms with Crippen molar-refractivity contribution in [2.24, 2.45) is 0 Å². The molecule has 0 saturated carbocycles. The van der Waals surface area contributed by atoms with Gasteiger partial charge < -0.3 is 8.83 Å². The summed E-state index contributed by atoms with van der Waals surface area (Å²) < 4.78 is 13.1. The first kappa shape index (κ1) is 28.7. The van der Waals surface area contributed by atoms with Crippen LogP contribution < -0.4 is 0 Å². The van der Waals surface area contributed by atoms with E-state index in [0.717, 1.165) is 93.2 Å². The largest absolute Gasteiger partial charge is 0.456 e. The molecule has 0 spiro atoms. The van der Waals surface area contributed by atoms with Crippen LogP contribution in [0.25, 0.3) is 111 Å². The number of furan rings is 2. The van der Waals surface area contributed by atoms with Gasteiger partial charge in [-0.3, -0.25) is 0 Å². The highest BCUT2D eigenvalue weighted by molar-refractivity contribution is 6.24. The Balaban J connectivity index is 1.25. The normalized spacial score (nSPS) is 11.8. The van der Waals surface area contributed by atoms with E-state index in [4.69, 9.17) is 23.8 Å². The maximum atomic E-state index is 6.80. The number of nitrogens with zero attached hydrogens (tertiary/aromatic N) is 3. The molecule has 11 aromatic rings. The monoisotopic (exact) mass is 665 g/mol. The summed E-state index contributed by atoms with van der Waals surface area (Å²) in [6.45, 7) is 0. The van der Waals surface area contributed by atoms with E-state index >= 15 is 0 Å². The van der Waals surface area contributed by atoms with Crippen molar-refractivity contribution in [1.82, 2.24) is 15.0 Å². The number of rotatable bonds is 4. The summed E-state index contributed by atoms with van der Waals surface area (Å²) in [6, 6.07) is 56.2. The van der Waals surface area contributed by atoms with E-state index in [-0.39, 0.29) is 0 Å². The van der Waals surface area contributed by atoms with Crippen LogP contribution in [0, 0.1) is 0 Å². The van der Waals surface area contributed by atoms with Crippen LogP contribution in [0.4, 0.5) is 0 Å². The van der Waals surface area contributed by atoms with Crippen LogP contribution in [-0.4, -0.2) is 15.0 Å². The summed E-state index contributed by atoms with van der Waals surface area (Å²) in [5, 5.41) is 8.54. The molecule has 0 unspecified atom stereocenters. The molecule has 52 heavy (non-hydrogen) atoms. The highest BCUT2D eigenvalue weighted by Gasteiger charge is 2.23. The highest BCUT2D eigenvalue weighted by Crippen LogP contribution is 2.44. The van der Waals surface area contributed by atoms with E-state index in [1.54, 1.807) is 0 Å². The molecule has 11 rings (SSSR count). The first-order chi connectivity index (χ1) is 25.8. The molecule has 0 N–H and O–H groups in total. The van der Waals surface area contributed by atoms with E-state index in [0.29, 0.717) is 17.5 Å². The Morgan fingerprint density at radius 2 is 0.962 bits per heavy atom. The quantitative estimate of drug-likeness (QED) is 0.187. The van der Waals surface area contributed by atoms with Crippen molar-refractivity contribution >= 4 is 65.4 Å². The molecular weight excluding hydrogens is 639 g/mol. The second-order valence-corrected chi connectivity index (χ2v) is 13.1. The van der Waals surface area contributed by atoms with Gasteiger partial charge in [-0.15, -0.1) is 0 Å². The SMILES string of the molecule is c1ccc(-c2ccc(-c3nc(-c4ccc5ccccc5c4)nc(-c4cccc5oc6ccccc6c45)n3)c3c2oc2ccc4ccccc4c23)cc1. The Bertz CT molecular complexity index is 3190. The van der Waals surface area contributed by atoms with Gasteiger partial charge in [-0.2, -0.15) is 0 Å². The summed E-state index contributed by atoms with van der Waals surface area (Å²) in [5.41, 5.74) is 7.98. The Kier molecular flexibility index (Phi) is 6.18. The molecule has 0 radical (unpaired) electrons. The lowest BCUT2D eigenvalue weighted by Gasteiger charge is -2.12. The number of fused-ring (bicyclic) bond motifs is 9. The predicted octanol–water partition coefficient (Wildman–Crippen LogP) is 12.6. The van der Waals surface area contributed by atoms with Crippen molar-refractivity contribution in [3.8, 4) is 45.3 Å². The van der Waals surface area contributed by atoms with Crippen LogP contribution in [0.3, 0.4) is 0 Å². The van der Waals surface area contributed by atoms with Gasteiger partial charge in [0, 0.05) is 43.8 Å². The Morgan fingerprint density at radius 1 is 0.327 bits per heavy atom. The molecule has 3 heterocycles. The maximum Gasteiger partial charge on any atom is 0.164 e. The molecule has 0 aliphatic rings. The van der Waals surface area contributed by atoms with Crippen LogP contribution in [0.5, 0.6) is 0 Å². The van der Waals surface area contributed by atoms with Gasteiger partial charge in [0.25, 0.3) is 0 Å². The third-order valence-corrected chi connectivity index (χ3v) is 10.1. The zero-order valence-corrected chi connectivity index (χ0v) is 27.7. The van der Waals surface area contributed by atoms with Crippen molar-refractivity contribution in [2.75, 3.05) is 0 Å². The second-order valence-electron chi connectivity index (χ2n) is 13.1. The zero-order chi connectivity index (χ0) is 34.2. The first-order valence-corrected chi connectivity index (χ1v) is 17.4. The van der Waals surface area contributed by atoms with Gasteiger partial charge in [-0.1, -0.05) is 127 Å². The summed E-state index contributed by atoms with van der Waals surface area (Å²) in [7, 11) is 0. The molecule has 0 bridgehead atoms. The minimum Gasteiger partial charge on any atom is -0.456 e. The number of aromatic nitrogens is 3. The van der Waals surface area contributed by atoms with E-state index < -0.39 is 0 Å². The molecule has 0 fully saturated rings. The van der Waals surface area contributed by atoms with Gasteiger partial charge in [0.15, 0.2) is 17.5 Å². The van der Waals surface area contributed by atoms with Crippen LogP contribution in [0.1, 0.15) is 0 Å². The van der Waals surface area contributed by atoms with E-state index in [9.17, 15) is 0 Å². The lowest BCUT2D eigenvalue weighted by atomic mass is 9.96. The summed E-state index contributed by atoms with van der Waals surface area (Å²) in [6.07, 6.45) is 0. The molecule has 3 aromatic heterocycles. The number of hydrogen-bond acceptors (Lipinski definition) is 5. The van der Waals surface area contributed by atoms with Gasteiger partial charge in [-0.05, 0) is 63.5 Å². The van der Waals surface area contributed by atoms with Crippen molar-refractivity contribution < 1.29 is 8.83 Å². The Morgan fingerprint density at radius 3 is 1.83 bits per heavy atom. The van der Waals surface area contributed by atoms with Crippen molar-refractivity contribution in [3.05, 3.63) is 164 Å². The third-order valence-electron chi connectivity index (χ3n) is 10.1. The zero-order valence-electron chi connectivity index (χ0n) is 27.7. The second kappa shape index (κ2) is 11.2. The summed E-state index contributed by atoms with van der Waals surface area (Å²) in [4.78, 5) is 15.8. The van der Waals surface area contributed by atoms with E-state index in [1.807, 2.05) is 36.4 Å². The van der Waals surface area contributed by atoms with Crippen LogP contribution >= 0.6 is 0 Å². The van der Waals surface area contributed by atoms with Crippen molar-refractivity contribution in [2.45, 2.75) is 0 Å². The molecule has 5 nitrogen and oxygen atoms in total. The third kappa shape index (κ3) is 4.39. The number of hydrogen-bond donors (Lipinski definition) is 0. The fraction of sp³-hybridized carbons (Fsp3) is 0. The van der Waals surface area contributed by atoms with Crippen LogP contribution in [0.15, 0.2) is 173 Å². The molecular formula is C47H27N3O2. The van der Waals surface area contributed by atoms with Gasteiger partial charge >= 0.3 is 0 Å². The van der Waals surface area contributed by atoms with E-state index in [2.05, 4.69) is 127 Å². The topological polar surface area (TPSA) is 65.0 Å². The molecule has 5 heteroatoms. The fourth-order valence-corrected chi connectivity index (χ4v) is 7.71. The van der Waals surface area contributed by atoms with Crippen molar-refractivity contribution in [1.29, 1.82) is 0 Å². The molecule has 0 saturated heterocycles. The Labute approximate surface area is 297 Å². The molecule has 242 valence electrons. The molecule has 0 atom stereocenters. The van der Waals surface area contributed by atoms with Crippen molar-refractivity contribution in [3.63, 3.8) is 0 Å². The summed E-state index contributed by atoms with van der Waals surface area (Å²) >= 11 is 0. The highest BCUT2D eigenvalue weighted by atomic mass is 16.3. The van der Waals surface area contributed by atoms with Gasteiger partial charge in [0.2, 0.25) is 0 Å². The molecule has 0 amide bonds. The lowest BCUT2D eigenvalue weighted by Crippen LogP contribution is -2.01. The molecule has 0 aliphatic heterocycles. The average molecular weight is 666 g/mol. The van der Waals surface area contributed by atoms with Gasteiger partial charge in [0.1, 0.15) is 22.3 Å². The van der Waals surface area contributed by atoms with E-state index in [1.165, 1.54) is 0 Å². The number of para-hydroxylation sites is 1. The lowest BCUT2D eigenvalue weighted by molar-refractivity contribution is 0.669. The Hall–Kier alpha value is -7.11. The first-order valence-electron chi connectivity index (χ1n) is 17.4. The maximum absolute atomic E-state index is 6.80. The minimum absolute atomic E-state index is 0.568. The van der Waals surface area contributed by atoms with Gasteiger partial charge in [0.05, 0.1) is 0 Å². The fourth-order valence-electron chi connectivity index (χ4n) is 7.71. The van der Waals surface area contributed by atoms with Crippen LogP contribution in [-0.2, 0) is 0 Å².